The molecule has 6 nitrogen and oxygen atoms in total. The molecule has 0 fully saturated rings. The van der Waals surface area contributed by atoms with Crippen LogP contribution in [0.25, 0.3) is 11.4 Å². The molecule has 2 heterocycles. The molecular formula is C22H19N3O3. The zero-order chi connectivity index (χ0) is 19.2. The van der Waals surface area contributed by atoms with Crippen LogP contribution in [0.5, 0.6) is 0 Å². The third-order valence-electron chi connectivity index (χ3n) is 4.33. The Morgan fingerprint density at radius 3 is 2.39 bits per heavy atom. The number of amides is 1. The maximum atomic E-state index is 12.9. The number of benzene rings is 2. The molecule has 140 valence electrons. The van der Waals surface area contributed by atoms with Crippen molar-refractivity contribution < 1.29 is 13.7 Å². The molecule has 0 aliphatic rings. The third-order valence-corrected chi connectivity index (χ3v) is 4.33. The zero-order valence-electron chi connectivity index (χ0n) is 15.2. The van der Waals surface area contributed by atoms with Gasteiger partial charge in [-0.15, -0.1) is 0 Å². The first kappa shape index (κ1) is 17.7. The minimum absolute atomic E-state index is 0.0696. The topological polar surface area (TPSA) is 72.4 Å². The second-order valence-corrected chi connectivity index (χ2v) is 6.30. The van der Waals surface area contributed by atoms with Crippen molar-refractivity contribution in [1.82, 2.24) is 15.0 Å². The quantitative estimate of drug-likeness (QED) is 0.485. The van der Waals surface area contributed by atoms with Gasteiger partial charge in [0.15, 0.2) is 0 Å². The van der Waals surface area contributed by atoms with Gasteiger partial charge in [0.1, 0.15) is 5.76 Å². The van der Waals surface area contributed by atoms with Crippen LogP contribution in [0.3, 0.4) is 0 Å². The first-order chi connectivity index (χ1) is 13.8. The van der Waals surface area contributed by atoms with E-state index in [0.717, 1.165) is 11.3 Å². The molecule has 0 radical (unpaired) electrons. The summed E-state index contributed by atoms with van der Waals surface area (Å²) in [6, 6.07) is 22.5. The largest absolute Gasteiger partial charge is 0.467 e. The average molecular weight is 373 g/mol. The van der Waals surface area contributed by atoms with Gasteiger partial charge in [0.05, 0.1) is 12.8 Å². The average Bonchev–Trinajstić information content (AvgIpc) is 3.44. The standard InChI is InChI=1S/C22H19N3O3/c26-22(18-10-5-2-6-11-18)25(16-19-12-7-15-27-19)14-13-20-23-21(24-28-20)17-8-3-1-4-9-17/h1-12,15H,13-14,16H2. The molecule has 0 atom stereocenters. The van der Waals surface area contributed by atoms with E-state index in [1.54, 1.807) is 23.3 Å². The van der Waals surface area contributed by atoms with Gasteiger partial charge >= 0.3 is 0 Å². The van der Waals surface area contributed by atoms with Crippen LogP contribution in [0.15, 0.2) is 88.0 Å². The van der Waals surface area contributed by atoms with E-state index in [9.17, 15) is 4.79 Å². The van der Waals surface area contributed by atoms with Gasteiger partial charge in [0, 0.05) is 24.1 Å². The predicted octanol–water partition coefficient (Wildman–Crippen LogP) is 4.21. The van der Waals surface area contributed by atoms with Gasteiger partial charge < -0.3 is 13.8 Å². The Morgan fingerprint density at radius 2 is 1.68 bits per heavy atom. The summed E-state index contributed by atoms with van der Waals surface area (Å²) < 4.78 is 10.8. The molecule has 4 aromatic rings. The third kappa shape index (κ3) is 4.17. The highest BCUT2D eigenvalue weighted by Gasteiger charge is 2.18. The Kier molecular flexibility index (Phi) is 5.29. The Labute approximate surface area is 162 Å². The van der Waals surface area contributed by atoms with Crippen molar-refractivity contribution in [2.45, 2.75) is 13.0 Å². The number of aromatic nitrogens is 2. The Bertz CT molecular complexity index is 1010. The van der Waals surface area contributed by atoms with Crippen molar-refractivity contribution in [3.8, 4) is 11.4 Å². The number of hydrogen-bond donors (Lipinski definition) is 0. The van der Waals surface area contributed by atoms with Crippen molar-refractivity contribution in [1.29, 1.82) is 0 Å². The van der Waals surface area contributed by atoms with Crippen molar-refractivity contribution in [3.63, 3.8) is 0 Å². The zero-order valence-corrected chi connectivity index (χ0v) is 15.2. The monoisotopic (exact) mass is 373 g/mol. The maximum Gasteiger partial charge on any atom is 0.254 e. The molecule has 1 amide bonds. The van der Waals surface area contributed by atoms with E-state index in [1.165, 1.54) is 0 Å². The number of furan rings is 1. The van der Waals surface area contributed by atoms with E-state index in [-0.39, 0.29) is 5.91 Å². The Hall–Kier alpha value is -3.67. The first-order valence-corrected chi connectivity index (χ1v) is 9.04. The summed E-state index contributed by atoms with van der Waals surface area (Å²) in [5.41, 5.74) is 1.52. The molecule has 28 heavy (non-hydrogen) atoms. The number of nitrogens with zero attached hydrogens (tertiary/aromatic N) is 3. The summed E-state index contributed by atoms with van der Waals surface area (Å²) in [7, 11) is 0. The van der Waals surface area contributed by atoms with Crippen LogP contribution in [0.2, 0.25) is 0 Å². The molecule has 6 heteroatoms. The summed E-state index contributed by atoms with van der Waals surface area (Å²) in [5.74, 6) is 1.69. The van der Waals surface area contributed by atoms with Crippen LogP contribution in [0, 0.1) is 0 Å². The molecular weight excluding hydrogens is 354 g/mol. The first-order valence-electron chi connectivity index (χ1n) is 9.04. The summed E-state index contributed by atoms with van der Waals surface area (Å²) in [6.07, 6.45) is 2.06. The van der Waals surface area contributed by atoms with Crippen molar-refractivity contribution in [2.24, 2.45) is 0 Å². The second kappa shape index (κ2) is 8.35. The van der Waals surface area contributed by atoms with E-state index in [2.05, 4.69) is 10.1 Å². The van der Waals surface area contributed by atoms with Crippen LogP contribution in [-0.4, -0.2) is 27.5 Å². The smallest absolute Gasteiger partial charge is 0.254 e. The van der Waals surface area contributed by atoms with Crippen LogP contribution < -0.4 is 0 Å². The lowest BCUT2D eigenvalue weighted by Gasteiger charge is -2.21. The van der Waals surface area contributed by atoms with Gasteiger partial charge in [-0.25, -0.2) is 0 Å². The SMILES string of the molecule is O=C(c1ccccc1)N(CCc1nc(-c2ccccc2)no1)Cc1ccco1. The lowest BCUT2D eigenvalue weighted by Crippen LogP contribution is -2.32. The molecule has 0 saturated heterocycles. The molecule has 0 bridgehead atoms. The number of hydrogen-bond acceptors (Lipinski definition) is 5. The predicted molar refractivity (Wildman–Crippen MR) is 103 cm³/mol. The molecule has 0 saturated carbocycles. The van der Waals surface area contributed by atoms with Crippen molar-refractivity contribution in [2.75, 3.05) is 6.54 Å². The molecule has 2 aromatic carbocycles. The summed E-state index contributed by atoms with van der Waals surface area (Å²) in [6.45, 7) is 0.811. The fraction of sp³-hybridized carbons (Fsp3) is 0.136. The minimum atomic E-state index is -0.0696. The fourth-order valence-electron chi connectivity index (χ4n) is 2.90. The van der Waals surface area contributed by atoms with E-state index in [4.69, 9.17) is 8.94 Å². The fourth-order valence-corrected chi connectivity index (χ4v) is 2.90. The lowest BCUT2D eigenvalue weighted by atomic mass is 10.2. The van der Waals surface area contributed by atoms with E-state index < -0.39 is 0 Å². The van der Waals surface area contributed by atoms with E-state index in [0.29, 0.717) is 36.8 Å². The molecule has 0 unspecified atom stereocenters. The summed E-state index contributed by atoms with van der Waals surface area (Å²) >= 11 is 0. The van der Waals surface area contributed by atoms with Gasteiger partial charge in [0.25, 0.3) is 5.91 Å². The summed E-state index contributed by atoms with van der Waals surface area (Å²) in [5, 5.41) is 4.04. The van der Waals surface area contributed by atoms with Gasteiger partial charge in [-0.2, -0.15) is 4.98 Å². The molecule has 4 rings (SSSR count). The van der Waals surface area contributed by atoms with Crippen LogP contribution in [-0.2, 0) is 13.0 Å². The lowest BCUT2D eigenvalue weighted by molar-refractivity contribution is 0.0730. The number of rotatable bonds is 7. The summed E-state index contributed by atoms with van der Waals surface area (Å²) in [4.78, 5) is 19.1. The molecule has 0 N–H and O–H groups in total. The Balaban J connectivity index is 1.48. The van der Waals surface area contributed by atoms with Gasteiger partial charge in [-0.3, -0.25) is 4.79 Å². The van der Waals surface area contributed by atoms with E-state index in [1.807, 2.05) is 60.7 Å². The Morgan fingerprint density at radius 1 is 0.929 bits per heavy atom. The molecule has 0 aliphatic carbocycles. The molecule has 2 aromatic heterocycles. The van der Waals surface area contributed by atoms with E-state index >= 15 is 0 Å². The highest BCUT2D eigenvalue weighted by atomic mass is 16.5. The number of carbonyl (C=O) groups excluding carboxylic acids is 1. The van der Waals surface area contributed by atoms with Crippen LogP contribution >= 0.6 is 0 Å². The normalized spacial score (nSPS) is 10.7. The molecule has 0 aliphatic heterocycles. The highest BCUT2D eigenvalue weighted by Crippen LogP contribution is 2.16. The van der Waals surface area contributed by atoms with Crippen LogP contribution in [0.4, 0.5) is 0 Å². The second-order valence-electron chi connectivity index (χ2n) is 6.30. The maximum absolute atomic E-state index is 12.9. The van der Waals surface area contributed by atoms with Gasteiger partial charge in [0.2, 0.25) is 11.7 Å². The highest BCUT2D eigenvalue weighted by molar-refractivity contribution is 5.94. The van der Waals surface area contributed by atoms with Gasteiger partial charge in [-0.1, -0.05) is 53.7 Å². The van der Waals surface area contributed by atoms with Gasteiger partial charge in [-0.05, 0) is 24.3 Å². The number of carbonyl (C=O) groups is 1. The minimum Gasteiger partial charge on any atom is -0.467 e. The van der Waals surface area contributed by atoms with Crippen molar-refractivity contribution >= 4 is 5.91 Å². The molecule has 0 spiro atoms. The van der Waals surface area contributed by atoms with Crippen LogP contribution in [0.1, 0.15) is 22.0 Å². The van der Waals surface area contributed by atoms with Crippen molar-refractivity contribution in [3.05, 3.63) is 96.3 Å².